The van der Waals surface area contributed by atoms with Crippen molar-refractivity contribution in [1.82, 2.24) is 0 Å². The van der Waals surface area contributed by atoms with Gasteiger partial charge in [-0.25, -0.2) is 4.79 Å². The van der Waals surface area contributed by atoms with Crippen LogP contribution in [-0.4, -0.2) is 17.7 Å². The molecule has 0 saturated carbocycles. The normalized spacial score (nSPS) is 12.6. The van der Waals surface area contributed by atoms with E-state index in [9.17, 15) is 9.90 Å². The first-order valence-corrected chi connectivity index (χ1v) is 5.93. The molecule has 0 bridgehead atoms. The molecule has 1 atom stereocenters. The lowest BCUT2D eigenvalue weighted by Crippen LogP contribution is -2.14. The van der Waals surface area contributed by atoms with Crippen LogP contribution in [0.5, 0.6) is 0 Å². The Hall–Kier alpha value is -1.39. The third-order valence-electron chi connectivity index (χ3n) is 2.32. The maximum Gasteiger partial charge on any atom is 0.339 e. The highest BCUT2D eigenvalue weighted by Crippen LogP contribution is 2.30. The molecule has 0 aliphatic carbocycles. The maximum absolute atomic E-state index is 11.4. The van der Waals surface area contributed by atoms with E-state index in [2.05, 4.69) is 0 Å². The lowest BCUT2D eigenvalue weighted by atomic mass is 10.1. The van der Waals surface area contributed by atoms with Crippen molar-refractivity contribution in [1.29, 1.82) is 0 Å². The van der Waals surface area contributed by atoms with Crippen LogP contribution in [0.25, 0.3) is 10.1 Å². The minimum atomic E-state index is -1.18. The fraction of sp³-hybridized carbons (Fsp3) is 0.250. The van der Waals surface area contributed by atoms with Gasteiger partial charge < -0.3 is 9.84 Å². The molecule has 84 valence electrons. The van der Waals surface area contributed by atoms with Crippen molar-refractivity contribution in [2.45, 2.75) is 13.0 Å². The van der Waals surface area contributed by atoms with Crippen LogP contribution < -0.4 is 0 Å². The molecule has 1 aromatic carbocycles. The minimum absolute atomic E-state index is 0.276. The first-order valence-electron chi connectivity index (χ1n) is 5.05. The predicted molar refractivity (Wildman–Crippen MR) is 63.4 cm³/mol. The summed E-state index contributed by atoms with van der Waals surface area (Å²) in [6, 6.07) is 7.67. The molecular formula is C12H12O3S. The molecule has 0 spiro atoms. The van der Waals surface area contributed by atoms with Gasteiger partial charge in [0.25, 0.3) is 0 Å². The Kier molecular flexibility index (Phi) is 3.22. The summed E-state index contributed by atoms with van der Waals surface area (Å²) in [7, 11) is 0. The average molecular weight is 236 g/mol. The number of hydrogen-bond donors (Lipinski definition) is 1. The molecule has 2 rings (SSSR count). The molecule has 1 aromatic heterocycles. The summed E-state index contributed by atoms with van der Waals surface area (Å²) in [5.41, 5.74) is 0.624. The number of benzene rings is 1. The number of ether oxygens (including phenoxy) is 1. The number of carbonyl (C=O) groups excluding carboxylic acids is 1. The Morgan fingerprint density at radius 3 is 3.00 bits per heavy atom. The van der Waals surface area contributed by atoms with Crippen LogP contribution in [0.15, 0.2) is 29.6 Å². The largest absolute Gasteiger partial charge is 0.464 e. The van der Waals surface area contributed by atoms with Crippen LogP contribution in [0.1, 0.15) is 18.6 Å². The molecule has 0 amide bonds. The molecule has 0 unspecified atom stereocenters. The van der Waals surface area contributed by atoms with Crippen molar-refractivity contribution >= 4 is 27.4 Å². The second-order valence-corrected chi connectivity index (χ2v) is 4.25. The number of thiophene rings is 1. The van der Waals surface area contributed by atoms with Gasteiger partial charge in [-0.1, -0.05) is 18.2 Å². The van der Waals surface area contributed by atoms with E-state index in [0.717, 1.165) is 10.1 Å². The lowest BCUT2D eigenvalue weighted by Gasteiger charge is -2.08. The molecule has 1 N–H and O–H groups in total. The summed E-state index contributed by atoms with van der Waals surface area (Å²) in [6.07, 6.45) is -1.18. The first kappa shape index (κ1) is 11.1. The van der Waals surface area contributed by atoms with Crippen LogP contribution in [0.3, 0.4) is 0 Å². The van der Waals surface area contributed by atoms with Crippen molar-refractivity contribution in [3.05, 3.63) is 35.2 Å². The molecule has 0 fully saturated rings. The Morgan fingerprint density at radius 1 is 1.50 bits per heavy atom. The number of esters is 1. The van der Waals surface area contributed by atoms with Crippen LogP contribution in [0.4, 0.5) is 0 Å². The van der Waals surface area contributed by atoms with E-state index in [4.69, 9.17) is 4.74 Å². The smallest absolute Gasteiger partial charge is 0.339 e. The highest BCUT2D eigenvalue weighted by Gasteiger charge is 2.21. The van der Waals surface area contributed by atoms with Gasteiger partial charge in [0.2, 0.25) is 0 Å². The van der Waals surface area contributed by atoms with Gasteiger partial charge in [0, 0.05) is 10.3 Å². The molecule has 0 aliphatic heterocycles. The van der Waals surface area contributed by atoms with Gasteiger partial charge in [0.15, 0.2) is 6.10 Å². The number of fused-ring (bicyclic) bond motifs is 1. The Balaban J connectivity index is 2.36. The van der Waals surface area contributed by atoms with Crippen molar-refractivity contribution in [3.63, 3.8) is 0 Å². The number of carbonyl (C=O) groups is 1. The fourth-order valence-electron chi connectivity index (χ4n) is 1.56. The van der Waals surface area contributed by atoms with E-state index >= 15 is 0 Å². The SMILES string of the molecule is CCOC(=O)[C@@H](O)c1csc2ccccc12. The fourth-order valence-corrected chi connectivity index (χ4v) is 2.54. The van der Waals surface area contributed by atoms with E-state index in [1.807, 2.05) is 24.3 Å². The zero-order chi connectivity index (χ0) is 11.5. The molecule has 0 aliphatic rings. The minimum Gasteiger partial charge on any atom is -0.464 e. The molecule has 3 nitrogen and oxygen atoms in total. The molecule has 4 heteroatoms. The van der Waals surface area contributed by atoms with E-state index in [1.165, 1.54) is 11.3 Å². The average Bonchev–Trinajstić information content (AvgIpc) is 2.72. The molecule has 1 heterocycles. The van der Waals surface area contributed by atoms with Gasteiger partial charge in [0.05, 0.1) is 6.61 Å². The number of aliphatic hydroxyl groups excluding tert-OH is 1. The van der Waals surface area contributed by atoms with Crippen LogP contribution in [-0.2, 0) is 9.53 Å². The highest BCUT2D eigenvalue weighted by molar-refractivity contribution is 7.17. The van der Waals surface area contributed by atoms with Crippen LogP contribution in [0.2, 0.25) is 0 Å². The summed E-state index contributed by atoms with van der Waals surface area (Å²) in [5.74, 6) is -0.592. The molecule has 16 heavy (non-hydrogen) atoms. The monoisotopic (exact) mass is 236 g/mol. The van der Waals surface area contributed by atoms with E-state index in [-0.39, 0.29) is 6.61 Å². The number of rotatable bonds is 3. The van der Waals surface area contributed by atoms with Gasteiger partial charge >= 0.3 is 5.97 Å². The quantitative estimate of drug-likeness (QED) is 0.833. The topological polar surface area (TPSA) is 46.5 Å². The van der Waals surface area contributed by atoms with Crippen molar-refractivity contribution in [2.75, 3.05) is 6.61 Å². The van der Waals surface area contributed by atoms with Gasteiger partial charge in [-0.15, -0.1) is 11.3 Å². The van der Waals surface area contributed by atoms with E-state index < -0.39 is 12.1 Å². The lowest BCUT2D eigenvalue weighted by molar-refractivity contribution is -0.153. The van der Waals surface area contributed by atoms with Gasteiger partial charge in [-0.05, 0) is 23.8 Å². The number of hydrogen-bond acceptors (Lipinski definition) is 4. The third kappa shape index (κ3) is 1.94. The summed E-state index contributed by atoms with van der Waals surface area (Å²) < 4.78 is 5.85. The molecule has 0 radical (unpaired) electrons. The van der Waals surface area contributed by atoms with Crippen molar-refractivity contribution in [2.24, 2.45) is 0 Å². The highest BCUT2D eigenvalue weighted by atomic mass is 32.1. The van der Waals surface area contributed by atoms with E-state index in [1.54, 1.807) is 12.3 Å². The predicted octanol–water partition coefficient (Wildman–Crippen LogP) is 2.50. The van der Waals surface area contributed by atoms with Crippen LogP contribution in [0, 0.1) is 0 Å². The summed E-state index contributed by atoms with van der Waals surface area (Å²) in [5, 5.41) is 12.5. The summed E-state index contributed by atoms with van der Waals surface area (Å²) >= 11 is 1.51. The van der Waals surface area contributed by atoms with Gasteiger partial charge in [-0.2, -0.15) is 0 Å². The van der Waals surface area contributed by atoms with Crippen LogP contribution >= 0.6 is 11.3 Å². The third-order valence-corrected chi connectivity index (χ3v) is 3.30. The molecule has 0 saturated heterocycles. The standard InChI is InChI=1S/C12H12O3S/c1-2-15-12(14)11(13)9-7-16-10-6-4-3-5-8(9)10/h3-7,11,13H,2H2,1H3/t11-/m0/s1. The van der Waals surface area contributed by atoms with Gasteiger partial charge in [-0.3, -0.25) is 0 Å². The van der Waals surface area contributed by atoms with Crippen molar-refractivity contribution in [3.8, 4) is 0 Å². The summed E-state index contributed by atoms with van der Waals surface area (Å²) in [6.45, 7) is 1.99. The number of aliphatic hydroxyl groups is 1. The van der Waals surface area contributed by atoms with E-state index in [0.29, 0.717) is 5.56 Å². The maximum atomic E-state index is 11.4. The van der Waals surface area contributed by atoms with Crippen molar-refractivity contribution < 1.29 is 14.6 Å². The zero-order valence-electron chi connectivity index (χ0n) is 8.84. The summed E-state index contributed by atoms with van der Waals surface area (Å²) in [4.78, 5) is 11.4. The first-order chi connectivity index (χ1) is 7.74. The second kappa shape index (κ2) is 4.63. The molecule has 2 aromatic rings. The Labute approximate surface area is 97.3 Å². The van der Waals surface area contributed by atoms with Gasteiger partial charge in [0.1, 0.15) is 0 Å². The zero-order valence-corrected chi connectivity index (χ0v) is 9.66. The Morgan fingerprint density at radius 2 is 2.25 bits per heavy atom. The Bertz CT molecular complexity index is 504. The second-order valence-electron chi connectivity index (χ2n) is 3.34. The molecular weight excluding hydrogens is 224 g/mol.